The van der Waals surface area contributed by atoms with E-state index < -0.39 is 0 Å². The van der Waals surface area contributed by atoms with Crippen molar-refractivity contribution in [2.45, 2.75) is 20.4 Å². The largest absolute Gasteiger partial charge is 0.483 e. The van der Waals surface area contributed by atoms with Gasteiger partial charge in [-0.05, 0) is 43.2 Å². The summed E-state index contributed by atoms with van der Waals surface area (Å²) in [6.45, 7) is 4.50. The third-order valence-corrected chi connectivity index (χ3v) is 4.27. The summed E-state index contributed by atoms with van der Waals surface area (Å²) >= 11 is 3.30. The van der Waals surface area contributed by atoms with Gasteiger partial charge >= 0.3 is 0 Å². The summed E-state index contributed by atoms with van der Waals surface area (Å²) in [6.07, 6.45) is 0.712. The van der Waals surface area contributed by atoms with E-state index in [1.54, 1.807) is 30.1 Å². The Bertz CT molecular complexity index is 758. The number of hydrogen-bond acceptors (Lipinski definition) is 3. The molecule has 0 N–H and O–H groups in total. The van der Waals surface area contributed by atoms with Crippen LogP contribution in [0.25, 0.3) is 0 Å². The first kappa shape index (κ1) is 18.2. The molecule has 2 rings (SSSR count). The topological polar surface area (TPSA) is 46.6 Å². The lowest BCUT2D eigenvalue weighted by atomic mass is 10.1. The number of aldehydes is 1. The van der Waals surface area contributed by atoms with Crippen LogP contribution in [0.15, 0.2) is 40.9 Å². The smallest absolute Gasteiger partial charge is 0.260 e. The van der Waals surface area contributed by atoms with Crippen molar-refractivity contribution in [1.82, 2.24) is 4.90 Å². The first-order valence-electron chi connectivity index (χ1n) is 7.58. The van der Waals surface area contributed by atoms with Gasteiger partial charge in [-0.2, -0.15) is 0 Å². The fourth-order valence-electron chi connectivity index (χ4n) is 2.36. The van der Waals surface area contributed by atoms with E-state index in [2.05, 4.69) is 22.0 Å². The first-order valence-corrected chi connectivity index (χ1v) is 8.37. The number of benzene rings is 2. The SMILES string of the molecule is Cc1ccc(CN(C)C(=O)COc2ccc(Br)cc2C=O)c(C)c1. The van der Waals surface area contributed by atoms with Crippen LogP contribution >= 0.6 is 15.9 Å². The standard InChI is InChI=1S/C19H20BrNO3/c1-13-4-5-15(14(2)8-13)10-21(3)19(23)12-24-18-7-6-17(20)9-16(18)11-22/h4-9,11H,10,12H2,1-3H3. The summed E-state index contributed by atoms with van der Waals surface area (Å²) in [5, 5.41) is 0. The third kappa shape index (κ3) is 4.68. The molecule has 0 aliphatic heterocycles. The van der Waals surface area contributed by atoms with Crippen LogP contribution in [-0.2, 0) is 11.3 Å². The van der Waals surface area contributed by atoms with E-state index >= 15 is 0 Å². The molecule has 0 unspecified atom stereocenters. The highest BCUT2D eigenvalue weighted by atomic mass is 79.9. The Labute approximate surface area is 150 Å². The Morgan fingerprint density at radius 1 is 1.21 bits per heavy atom. The van der Waals surface area contributed by atoms with Crippen molar-refractivity contribution < 1.29 is 14.3 Å². The number of nitrogens with zero attached hydrogens (tertiary/aromatic N) is 1. The Morgan fingerprint density at radius 3 is 2.62 bits per heavy atom. The average Bonchev–Trinajstić information content (AvgIpc) is 2.55. The normalized spacial score (nSPS) is 10.3. The Balaban J connectivity index is 1.98. The van der Waals surface area contributed by atoms with Crippen LogP contribution in [0.5, 0.6) is 5.75 Å². The van der Waals surface area contributed by atoms with E-state index in [4.69, 9.17) is 4.74 Å². The Morgan fingerprint density at radius 2 is 1.96 bits per heavy atom. The number of rotatable bonds is 6. The molecule has 0 aliphatic rings. The van der Waals surface area contributed by atoms with Crippen molar-refractivity contribution in [2.75, 3.05) is 13.7 Å². The number of ether oxygens (including phenoxy) is 1. The van der Waals surface area contributed by atoms with Crippen molar-refractivity contribution >= 4 is 28.1 Å². The molecule has 0 aliphatic carbocycles. The van der Waals surface area contributed by atoms with Gasteiger partial charge < -0.3 is 9.64 Å². The maximum Gasteiger partial charge on any atom is 0.260 e. The van der Waals surface area contributed by atoms with Crippen molar-refractivity contribution in [3.63, 3.8) is 0 Å². The van der Waals surface area contributed by atoms with Crippen LogP contribution in [0.3, 0.4) is 0 Å². The predicted octanol–water partition coefficient (Wildman–Crippen LogP) is 3.92. The van der Waals surface area contributed by atoms with Crippen molar-refractivity contribution in [1.29, 1.82) is 0 Å². The van der Waals surface area contributed by atoms with Gasteiger partial charge in [-0.25, -0.2) is 0 Å². The number of amides is 1. The minimum absolute atomic E-state index is 0.107. The van der Waals surface area contributed by atoms with Crippen LogP contribution in [0, 0.1) is 13.8 Å². The molecule has 2 aromatic carbocycles. The highest BCUT2D eigenvalue weighted by molar-refractivity contribution is 9.10. The number of aryl methyl sites for hydroxylation is 2. The molecule has 0 fully saturated rings. The van der Waals surface area contributed by atoms with Gasteiger partial charge in [0.2, 0.25) is 0 Å². The molecule has 0 saturated carbocycles. The van der Waals surface area contributed by atoms with Crippen LogP contribution in [0.1, 0.15) is 27.0 Å². The molecular weight excluding hydrogens is 370 g/mol. The molecule has 24 heavy (non-hydrogen) atoms. The molecule has 0 radical (unpaired) electrons. The monoisotopic (exact) mass is 389 g/mol. The van der Waals surface area contributed by atoms with E-state index in [1.807, 2.05) is 26.0 Å². The van der Waals surface area contributed by atoms with Gasteiger partial charge in [0.25, 0.3) is 5.91 Å². The molecule has 5 heteroatoms. The number of halogens is 1. The molecule has 0 heterocycles. The van der Waals surface area contributed by atoms with E-state index in [1.165, 1.54) is 5.56 Å². The van der Waals surface area contributed by atoms with Crippen LogP contribution in [-0.4, -0.2) is 30.7 Å². The zero-order valence-corrected chi connectivity index (χ0v) is 15.6. The van der Waals surface area contributed by atoms with Gasteiger partial charge in [0.15, 0.2) is 12.9 Å². The summed E-state index contributed by atoms with van der Waals surface area (Å²) in [4.78, 5) is 25.0. The molecule has 0 saturated heterocycles. The molecular formula is C19H20BrNO3. The average molecular weight is 390 g/mol. The quantitative estimate of drug-likeness (QED) is 0.703. The number of likely N-dealkylation sites (N-methyl/N-ethyl adjacent to an activating group) is 1. The van der Waals surface area contributed by atoms with Crippen LogP contribution < -0.4 is 4.74 Å². The third-order valence-electron chi connectivity index (χ3n) is 3.78. The van der Waals surface area contributed by atoms with Crippen molar-refractivity contribution in [3.8, 4) is 5.75 Å². The highest BCUT2D eigenvalue weighted by Gasteiger charge is 2.13. The number of carbonyl (C=O) groups is 2. The molecule has 4 nitrogen and oxygen atoms in total. The van der Waals surface area contributed by atoms with Gasteiger partial charge in [0.05, 0.1) is 5.56 Å². The summed E-state index contributed by atoms with van der Waals surface area (Å²) in [5.41, 5.74) is 3.87. The minimum Gasteiger partial charge on any atom is -0.483 e. The lowest BCUT2D eigenvalue weighted by molar-refractivity contribution is -0.132. The van der Waals surface area contributed by atoms with E-state index in [9.17, 15) is 9.59 Å². The number of carbonyl (C=O) groups excluding carboxylic acids is 2. The van der Waals surface area contributed by atoms with Crippen molar-refractivity contribution in [2.24, 2.45) is 0 Å². The molecule has 0 spiro atoms. The lowest BCUT2D eigenvalue weighted by Gasteiger charge is -2.19. The maximum absolute atomic E-state index is 12.3. The second-order valence-corrected chi connectivity index (χ2v) is 6.68. The van der Waals surface area contributed by atoms with Gasteiger partial charge in [-0.15, -0.1) is 0 Å². The highest BCUT2D eigenvalue weighted by Crippen LogP contribution is 2.21. The second-order valence-electron chi connectivity index (χ2n) is 5.77. The molecule has 0 atom stereocenters. The summed E-state index contributed by atoms with van der Waals surface area (Å²) < 4.78 is 6.30. The van der Waals surface area contributed by atoms with E-state index in [0.29, 0.717) is 24.1 Å². The summed E-state index contributed by atoms with van der Waals surface area (Å²) in [6, 6.07) is 11.3. The van der Waals surface area contributed by atoms with Gasteiger partial charge in [0.1, 0.15) is 5.75 Å². The predicted molar refractivity (Wildman–Crippen MR) is 97.4 cm³/mol. The Hall–Kier alpha value is -2.14. The van der Waals surface area contributed by atoms with Gasteiger partial charge in [-0.1, -0.05) is 39.7 Å². The zero-order valence-electron chi connectivity index (χ0n) is 14.0. The summed E-state index contributed by atoms with van der Waals surface area (Å²) in [5.74, 6) is 0.260. The molecule has 0 aromatic heterocycles. The maximum atomic E-state index is 12.3. The van der Waals surface area contributed by atoms with E-state index in [-0.39, 0.29) is 12.5 Å². The van der Waals surface area contributed by atoms with Crippen molar-refractivity contribution in [3.05, 3.63) is 63.1 Å². The number of hydrogen-bond donors (Lipinski definition) is 0. The molecule has 2 aromatic rings. The lowest BCUT2D eigenvalue weighted by Crippen LogP contribution is -2.31. The Kier molecular flexibility index (Phi) is 6.15. The van der Waals surface area contributed by atoms with Crippen LogP contribution in [0.4, 0.5) is 0 Å². The van der Waals surface area contributed by atoms with E-state index in [0.717, 1.165) is 15.6 Å². The fraction of sp³-hybridized carbons (Fsp3) is 0.263. The zero-order chi connectivity index (χ0) is 17.7. The first-order chi connectivity index (χ1) is 11.4. The fourth-order valence-corrected chi connectivity index (χ4v) is 2.74. The van der Waals surface area contributed by atoms with Crippen LogP contribution in [0.2, 0.25) is 0 Å². The van der Waals surface area contributed by atoms with Gasteiger partial charge in [0, 0.05) is 18.1 Å². The molecule has 0 bridgehead atoms. The minimum atomic E-state index is -0.144. The summed E-state index contributed by atoms with van der Waals surface area (Å²) in [7, 11) is 1.74. The van der Waals surface area contributed by atoms with Gasteiger partial charge in [-0.3, -0.25) is 9.59 Å². The second kappa shape index (κ2) is 8.11. The molecule has 126 valence electrons. The molecule has 1 amide bonds.